The number of H-pyrrole nitrogens is 1. The minimum Gasteiger partial charge on any atom is -0.360 e. The number of rotatable bonds is 3. The van der Waals surface area contributed by atoms with Crippen molar-refractivity contribution in [2.75, 3.05) is 0 Å². The lowest BCUT2D eigenvalue weighted by molar-refractivity contribution is 0.0994. The third kappa shape index (κ3) is 2.57. The Balaban J connectivity index is 1.93. The quantitative estimate of drug-likeness (QED) is 0.719. The van der Waals surface area contributed by atoms with E-state index in [2.05, 4.69) is 4.98 Å². The summed E-state index contributed by atoms with van der Waals surface area (Å²) in [5.74, 6) is -1.97. The van der Waals surface area contributed by atoms with E-state index in [1.807, 2.05) is 25.1 Å². The molecule has 0 amide bonds. The van der Waals surface area contributed by atoms with E-state index in [9.17, 15) is 13.6 Å². The molecule has 0 fully saturated rings. The van der Waals surface area contributed by atoms with Crippen LogP contribution in [0.15, 0.2) is 42.6 Å². The van der Waals surface area contributed by atoms with Crippen molar-refractivity contribution in [2.45, 2.75) is 13.3 Å². The number of halogens is 2. The number of carbonyl (C=O) groups is 1. The molecule has 4 heteroatoms. The van der Waals surface area contributed by atoms with Gasteiger partial charge in [0.1, 0.15) is 0 Å². The largest absolute Gasteiger partial charge is 0.360 e. The standard InChI is InChI=1S/C17H13F2NO/c1-10-2-5-16-12(6-10)13(9-20-16)17(21)8-11-3-4-14(18)15(19)7-11/h2-7,9,20H,8H2,1H3. The van der Waals surface area contributed by atoms with Gasteiger partial charge in [0, 0.05) is 29.1 Å². The molecule has 106 valence electrons. The Bertz CT molecular complexity index is 836. The van der Waals surface area contributed by atoms with Crippen molar-refractivity contribution in [2.24, 2.45) is 0 Å². The monoisotopic (exact) mass is 285 g/mol. The van der Waals surface area contributed by atoms with Crippen molar-refractivity contribution >= 4 is 16.7 Å². The predicted molar refractivity (Wildman–Crippen MR) is 77.4 cm³/mol. The van der Waals surface area contributed by atoms with E-state index in [1.165, 1.54) is 6.07 Å². The van der Waals surface area contributed by atoms with Crippen molar-refractivity contribution < 1.29 is 13.6 Å². The SMILES string of the molecule is Cc1ccc2[nH]cc(C(=O)Cc3ccc(F)c(F)c3)c2c1. The van der Waals surface area contributed by atoms with E-state index in [4.69, 9.17) is 0 Å². The van der Waals surface area contributed by atoms with Crippen molar-refractivity contribution in [1.82, 2.24) is 4.98 Å². The molecule has 0 bridgehead atoms. The van der Waals surface area contributed by atoms with E-state index < -0.39 is 11.6 Å². The Labute approximate surface area is 120 Å². The molecule has 0 saturated heterocycles. The normalized spacial score (nSPS) is 11.0. The fourth-order valence-electron chi connectivity index (χ4n) is 2.40. The highest BCUT2D eigenvalue weighted by atomic mass is 19.2. The van der Waals surface area contributed by atoms with Gasteiger partial charge in [-0.05, 0) is 36.8 Å². The number of Topliss-reactive ketones (excluding diaryl/α,β-unsaturated/α-hetero) is 1. The van der Waals surface area contributed by atoms with E-state index in [1.54, 1.807) is 6.20 Å². The lowest BCUT2D eigenvalue weighted by Crippen LogP contribution is -2.03. The second kappa shape index (κ2) is 5.13. The van der Waals surface area contributed by atoms with Crippen LogP contribution in [0, 0.1) is 18.6 Å². The average molecular weight is 285 g/mol. The number of benzene rings is 2. The molecular weight excluding hydrogens is 272 g/mol. The molecule has 2 aromatic carbocycles. The van der Waals surface area contributed by atoms with Gasteiger partial charge in [-0.15, -0.1) is 0 Å². The number of ketones is 1. The number of carbonyl (C=O) groups excluding carboxylic acids is 1. The first kappa shape index (κ1) is 13.5. The number of hydrogen-bond donors (Lipinski definition) is 1. The highest BCUT2D eigenvalue weighted by Gasteiger charge is 2.14. The van der Waals surface area contributed by atoms with Crippen molar-refractivity contribution in [3.8, 4) is 0 Å². The summed E-state index contributed by atoms with van der Waals surface area (Å²) >= 11 is 0. The molecule has 3 aromatic rings. The van der Waals surface area contributed by atoms with Crippen LogP contribution >= 0.6 is 0 Å². The van der Waals surface area contributed by atoms with Crippen LogP contribution in [0.25, 0.3) is 10.9 Å². The summed E-state index contributed by atoms with van der Waals surface area (Å²) < 4.78 is 26.1. The molecule has 2 nitrogen and oxygen atoms in total. The van der Waals surface area contributed by atoms with Crippen LogP contribution in [0.5, 0.6) is 0 Å². The third-order valence-corrected chi connectivity index (χ3v) is 3.49. The number of nitrogens with one attached hydrogen (secondary N) is 1. The van der Waals surface area contributed by atoms with Crippen LogP contribution in [0.2, 0.25) is 0 Å². The molecule has 0 aliphatic heterocycles. The van der Waals surface area contributed by atoms with Crippen molar-refractivity contribution in [1.29, 1.82) is 0 Å². The van der Waals surface area contributed by atoms with Gasteiger partial charge >= 0.3 is 0 Å². The van der Waals surface area contributed by atoms with Crippen LogP contribution in [-0.2, 0) is 6.42 Å². The second-order valence-corrected chi connectivity index (χ2v) is 5.10. The molecule has 0 aliphatic rings. The fourth-order valence-corrected chi connectivity index (χ4v) is 2.40. The van der Waals surface area contributed by atoms with Crippen LogP contribution < -0.4 is 0 Å². The summed E-state index contributed by atoms with van der Waals surface area (Å²) in [6.07, 6.45) is 1.70. The number of aryl methyl sites for hydroxylation is 1. The summed E-state index contributed by atoms with van der Waals surface area (Å²) in [6.45, 7) is 1.95. The zero-order valence-electron chi connectivity index (χ0n) is 11.4. The van der Waals surface area contributed by atoms with Gasteiger partial charge in [-0.2, -0.15) is 0 Å². The maximum atomic E-state index is 13.2. The molecule has 0 saturated carbocycles. The molecular formula is C17H13F2NO. The van der Waals surface area contributed by atoms with Gasteiger partial charge in [0.2, 0.25) is 0 Å². The highest BCUT2D eigenvalue weighted by molar-refractivity contribution is 6.08. The molecule has 1 heterocycles. The van der Waals surface area contributed by atoms with Crippen LogP contribution in [-0.4, -0.2) is 10.8 Å². The lowest BCUT2D eigenvalue weighted by atomic mass is 10.0. The summed E-state index contributed by atoms with van der Waals surface area (Å²) in [5.41, 5.74) is 2.97. The number of aromatic amines is 1. The summed E-state index contributed by atoms with van der Waals surface area (Å²) in [6, 6.07) is 9.34. The van der Waals surface area contributed by atoms with Gasteiger partial charge in [-0.1, -0.05) is 17.7 Å². The van der Waals surface area contributed by atoms with E-state index in [0.717, 1.165) is 28.6 Å². The molecule has 21 heavy (non-hydrogen) atoms. The van der Waals surface area contributed by atoms with Gasteiger partial charge in [0.15, 0.2) is 17.4 Å². The highest BCUT2D eigenvalue weighted by Crippen LogP contribution is 2.21. The number of aromatic nitrogens is 1. The maximum absolute atomic E-state index is 13.2. The van der Waals surface area contributed by atoms with Crippen LogP contribution in [0.3, 0.4) is 0 Å². The van der Waals surface area contributed by atoms with Crippen molar-refractivity contribution in [3.05, 3.63) is 70.9 Å². The maximum Gasteiger partial charge on any atom is 0.169 e. The zero-order chi connectivity index (χ0) is 15.0. The topological polar surface area (TPSA) is 32.9 Å². The van der Waals surface area contributed by atoms with Gasteiger partial charge in [-0.3, -0.25) is 4.79 Å². The van der Waals surface area contributed by atoms with E-state index >= 15 is 0 Å². The predicted octanol–water partition coefficient (Wildman–Crippen LogP) is 4.18. The van der Waals surface area contributed by atoms with E-state index in [-0.39, 0.29) is 12.2 Å². The fraction of sp³-hybridized carbons (Fsp3) is 0.118. The molecule has 0 spiro atoms. The molecule has 1 aromatic heterocycles. The van der Waals surface area contributed by atoms with Crippen LogP contribution in [0.4, 0.5) is 8.78 Å². The molecule has 1 N–H and O–H groups in total. The zero-order valence-corrected chi connectivity index (χ0v) is 11.4. The Hall–Kier alpha value is -2.49. The number of fused-ring (bicyclic) bond motifs is 1. The Morgan fingerprint density at radius 3 is 2.67 bits per heavy atom. The minimum absolute atomic E-state index is 0.0398. The summed E-state index contributed by atoms with van der Waals surface area (Å²) in [4.78, 5) is 15.4. The average Bonchev–Trinajstić information content (AvgIpc) is 2.86. The first-order valence-corrected chi connectivity index (χ1v) is 6.59. The second-order valence-electron chi connectivity index (χ2n) is 5.10. The van der Waals surface area contributed by atoms with E-state index in [0.29, 0.717) is 11.1 Å². The molecule has 0 atom stereocenters. The van der Waals surface area contributed by atoms with Gasteiger partial charge in [-0.25, -0.2) is 8.78 Å². The first-order chi connectivity index (χ1) is 10.0. The van der Waals surface area contributed by atoms with Gasteiger partial charge in [0.05, 0.1) is 0 Å². The molecule has 0 aliphatic carbocycles. The van der Waals surface area contributed by atoms with Crippen LogP contribution in [0.1, 0.15) is 21.5 Å². The Morgan fingerprint density at radius 2 is 1.90 bits per heavy atom. The molecule has 0 unspecified atom stereocenters. The minimum atomic E-state index is -0.935. The molecule has 3 rings (SSSR count). The Morgan fingerprint density at radius 1 is 1.10 bits per heavy atom. The van der Waals surface area contributed by atoms with Gasteiger partial charge in [0.25, 0.3) is 0 Å². The third-order valence-electron chi connectivity index (χ3n) is 3.49. The summed E-state index contributed by atoms with van der Waals surface area (Å²) in [7, 11) is 0. The van der Waals surface area contributed by atoms with Gasteiger partial charge < -0.3 is 4.98 Å². The van der Waals surface area contributed by atoms with Crippen molar-refractivity contribution in [3.63, 3.8) is 0 Å². The smallest absolute Gasteiger partial charge is 0.169 e. The number of hydrogen-bond acceptors (Lipinski definition) is 1. The lowest BCUT2D eigenvalue weighted by Gasteiger charge is -2.02. The summed E-state index contributed by atoms with van der Waals surface area (Å²) in [5, 5.41) is 0.850. The molecule has 0 radical (unpaired) electrons. The Kier molecular flexibility index (Phi) is 3.29. The first-order valence-electron chi connectivity index (χ1n) is 6.59.